The number of benzene rings is 1. The maximum absolute atomic E-state index is 11.8. The van der Waals surface area contributed by atoms with Gasteiger partial charge in [0.25, 0.3) is 0 Å². The van der Waals surface area contributed by atoms with Crippen molar-refractivity contribution >= 4 is 28.5 Å². The molecule has 3 aromatic rings. The van der Waals surface area contributed by atoms with Gasteiger partial charge in [-0.1, -0.05) is 12.1 Å². The van der Waals surface area contributed by atoms with Crippen LogP contribution in [-0.2, 0) is 16.0 Å². The first-order chi connectivity index (χ1) is 13.7. The summed E-state index contributed by atoms with van der Waals surface area (Å²) in [5, 5.41) is 9.88. The minimum atomic E-state index is -0.238. The van der Waals surface area contributed by atoms with Crippen LogP contribution in [0.25, 0.3) is 16.7 Å². The van der Waals surface area contributed by atoms with Gasteiger partial charge >= 0.3 is 5.97 Å². The fraction of sp³-hybridized carbons (Fsp3) is 0.409. The van der Waals surface area contributed by atoms with E-state index in [2.05, 4.69) is 15.4 Å². The molecule has 144 valence electrons. The van der Waals surface area contributed by atoms with Gasteiger partial charge in [-0.15, -0.1) is 0 Å². The topological polar surface area (TPSA) is 70.6 Å². The SMILES string of the molecule is COC(=O)CCc1c(C)c(C#N)c2nc3ccccc3n2c1N1CCCCC1. The van der Waals surface area contributed by atoms with E-state index >= 15 is 0 Å². The third-order valence-electron chi connectivity index (χ3n) is 5.67. The van der Waals surface area contributed by atoms with Gasteiger partial charge in [0.2, 0.25) is 0 Å². The van der Waals surface area contributed by atoms with Crippen molar-refractivity contribution in [2.45, 2.75) is 39.0 Å². The van der Waals surface area contributed by atoms with Crippen LogP contribution in [0.1, 0.15) is 42.4 Å². The van der Waals surface area contributed by atoms with E-state index < -0.39 is 0 Å². The van der Waals surface area contributed by atoms with Gasteiger partial charge < -0.3 is 9.64 Å². The Labute approximate surface area is 164 Å². The number of piperidine rings is 1. The molecular formula is C22H24N4O2. The second-order valence-corrected chi connectivity index (χ2v) is 7.30. The summed E-state index contributed by atoms with van der Waals surface area (Å²) in [5.41, 5.74) is 5.10. The number of nitrogens with zero attached hydrogens (tertiary/aromatic N) is 4. The highest BCUT2D eigenvalue weighted by Gasteiger charge is 2.25. The lowest BCUT2D eigenvalue weighted by atomic mass is 9.99. The Balaban J connectivity index is 2.03. The highest BCUT2D eigenvalue weighted by Crippen LogP contribution is 2.35. The van der Waals surface area contributed by atoms with Crippen LogP contribution in [0.5, 0.6) is 0 Å². The average molecular weight is 376 g/mol. The minimum Gasteiger partial charge on any atom is -0.469 e. The zero-order chi connectivity index (χ0) is 19.7. The number of pyridine rings is 1. The van der Waals surface area contributed by atoms with Gasteiger partial charge in [0, 0.05) is 19.5 Å². The molecule has 1 aliphatic rings. The van der Waals surface area contributed by atoms with Crippen LogP contribution < -0.4 is 4.90 Å². The number of ether oxygens (including phenoxy) is 1. The maximum atomic E-state index is 11.8. The van der Waals surface area contributed by atoms with Crippen LogP contribution in [-0.4, -0.2) is 35.6 Å². The maximum Gasteiger partial charge on any atom is 0.305 e. The molecule has 0 saturated carbocycles. The zero-order valence-electron chi connectivity index (χ0n) is 16.4. The molecule has 0 bridgehead atoms. The van der Waals surface area contributed by atoms with Crippen molar-refractivity contribution in [2.24, 2.45) is 0 Å². The largest absolute Gasteiger partial charge is 0.469 e. The van der Waals surface area contributed by atoms with Crippen LogP contribution in [0.3, 0.4) is 0 Å². The Morgan fingerprint density at radius 2 is 2.00 bits per heavy atom. The number of carbonyl (C=O) groups is 1. The summed E-state index contributed by atoms with van der Waals surface area (Å²) >= 11 is 0. The average Bonchev–Trinajstić information content (AvgIpc) is 3.11. The van der Waals surface area contributed by atoms with Crippen LogP contribution in [0.15, 0.2) is 24.3 Å². The van der Waals surface area contributed by atoms with E-state index in [1.807, 2.05) is 31.2 Å². The van der Waals surface area contributed by atoms with E-state index in [1.165, 1.54) is 13.5 Å². The standard InChI is InChI=1S/C22H24N4O2/c1-15-16(10-11-20(27)28-2)22(25-12-6-3-7-13-25)26-19-9-5-4-8-18(19)24-21(26)17(15)14-23/h4-5,8-9H,3,6-7,10-13H2,1-2H3. The Hall–Kier alpha value is -3.07. The Kier molecular flexibility index (Phi) is 4.91. The first-order valence-corrected chi connectivity index (χ1v) is 9.80. The molecule has 2 aromatic heterocycles. The molecule has 6 heteroatoms. The molecule has 4 rings (SSSR count). The number of imidazole rings is 1. The summed E-state index contributed by atoms with van der Waals surface area (Å²) in [6, 6.07) is 10.3. The van der Waals surface area contributed by atoms with Gasteiger partial charge in [0.1, 0.15) is 11.9 Å². The highest BCUT2D eigenvalue weighted by atomic mass is 16.5. The Morgan fingerprint density at radius 3 is 2.71 bits per heavy atom. The Bertz CT molecular complexity index is 1090. The lowest BCUT2D eigenvalue weighted by Crippen LogP contribution is -2.32. The van der Waals surface area contributed by atoms with E-state index in [0.29, 0.717) is 24.1 Å². The second kappa shape index (κ2) is 7.51. The molecule has 0 radical (unpaired) electrons. The number of rotatable bonds is 4. The molecule has 0 amide bonds. The fourth-order valence-electron chi connectivity index (χ4n) is 4.23. The number of hydrogen-bond acceptors (Lipinski definition) is 5. The molecule has 0 N–H and O–H groups in total. The molecule has 3 heterocycles. The number of fused-ring (bicyclic) bond motifs is 3. The number of aromatic nitrogens is 2. The molecule has 0 spiro atoms. The van der Waals surface area contributed by atoms with E-state index in [4.69, 9.17) is 9.72 Å². The summed E-state index contributed by atoms with van der Waals surface area (Å²) in [4.78, 5) is 19.0. The van der Waals surface area contributed by atoms with Crippen LogP contribution >= 0.6 is 0 Å². The molecule has 1 fully saturated rings. The number of methoxy groups -OCH3 is 1. The van der Waals surface area contributed by atoms with Gasteiger partial charge in [-0.25, -0.2) is 4.98 Å². The lowest BCUT2D eigenvalue weighted by Gasteiger charge is -2.32. The number of nitriles is 1. The lowest BCUT2D eigenvalue weighted by molar-refractivity contribution is -0.140. The van der Waals surface area contributed by atoms with Crippen molar-refractivity contribution in [1.82, 2.24) is 9.38 Å². The first kappa shape index (κ1) is 18.3. The number of carbonyl (C=O) groups excluding carboxylic acids is 1. The van der Waals surface area contributed by atoms with Crippen molar-refractivity contribution in [2.75, 3.05) is 25.1 Å². The van der Waals surface area contributed by atoms with E-state index in [-0.39, 0.29) is 5.97 Å². The quantitative estimate of drug-likeness (QED) is 0.648. The van der Waals surface area contributed by atoms with Gasteiger partial charge in [-0.3, -0.25) is 9.20 Å². The van der Waals surface area contributed by atoms with Crippen LogP contribution in [0.2, 0.25) is 0 Å². The van der Waals surface area contributed by atoms with E-state index in [1.54, 1.807) is 0 Å². The van der Waals surface area contributed by atoms with Crippen molar-refractivity contribution in [3.8, 4) is 6.07 Å². The normalized spacial score (nSPS) is 14.4. The third-order valence-corrected chi connectivity index (χ3v) is 5.67. The van der Waals surface area contributed by atoms with Crippen molar-refractivity contribution < 1.29 is 9.53 Å². The van der Waals surface area contributed by atoms with Gasteiger partial charge in [0.15, 0.2) is 5.65 Å². The fourth-order valence-corrected chi connectivity index (χ4v) is 4.23. The molecule has 0 atom stereocenters. The zero-order valence-corrected chi connectivity index (χ0v) is 16.4. The summed E-state index contributed by atoms with van der Waals surface area (Å²) in [6.07, 6.45) is 4.35. The number of hydrogen-bond donors (Lipinski definition) is 0. The molecule has 1 aromatic carbocycles. The van der Waals surface area contributed by atoms with E-state index in [0.717, 1.165) is 53.9 Å². The predicted octanol–water partition coefficient (Wildman–Crippen LogP) is 3.76. The monoisotopic (exact) mass is 376 g/mol. The molecular weight excluding hydrogens is 352 g/mol. The number of esters is 1. The van der Waals surface area contributed by atoms with E-state index in [9.17, 15) is 10.1 Å². The molecule has 0 unspecified atom stereocenters. The second-order valence-electron chi connectivity index (χ2n) is 7.30. The molecule has 1 saturated heterocycles. The van der Waals surface area contributed by atoms with Gasteiger partial charge in [0.05, 0.1) is 23.7 Å². The molecule has 28 heavy (non-hydrogen) atoms. The van der Waals surface area contributed by atoms with Crippen molar-refractivity contribution in [3.05, 3.63) is 41.0 Å². The first-order valence-electron chi connectivity index (χ1n) is 9.80. The predicted molar refractivity (Wildman–Crippen MR) is 109 cm³/mol. The Morgan fingerprint density at radius 1 is 1.25 bits per heavy atom. The van der Waals surface area contributed by atoms with Crippen molar-refractivity contribution in [3.63, 3.8) is 0 Å². The minimum absolute atomic E-state index is 0.238. The molecule has 0 aliphatic carbocycles. The summed E-state index contributed by atoms with van der Waals surface area (Å²) in [7, 11) is 1.41. The van der Waals surface area contributed by atoms with Crippen LogP contribution in [0, 0.1) is 18.3 Å². The molecule has 1 aliphatic heterocycles. The molecule has 6 nitrogen and oxygen atoms in total. The highest BCUT2D eigenvalue weighted by molar-refractivity contribution is 5.86. The van der Waals surface area contributed by atoms with Crippen LogP contribution in [0.4, 0.5) is 5.82 Å². The number of para-hydroxylation sites is 2. The third kappa shape index (κ3) is 2.97. The van der Waals surface area contributed by atoms with Gasteiger partial charge in [-0.05, 0) is 55.9 Å². The summed E-state index contributed by atoms with van der Waals surface area (Å²) in [6.45, 7) is 3.91. The van der Waals surface area contributed by atoms with Crippen molar-refractivity contribution in [1.29, 1.82) is 5.26 Å². The summed E-state index contributed by atoms with van der Waals surface area (Å²) < 4.78 is 6.98. The summed E-state index contributed by atoms with van der Waals surface area (Å²) in [5.74, 6) is 0.835. The smallest absolute Gasteiger partial charge is 0.305 e. The number of anilines is 1. The van der Waals surface area contributed by atoms with Gasteiger partial charge in [-0.2, -0.15) is 5.26 Å².